The smallest absolute Gasteiger partial charge is 0.161 e. The fraction of sp³-hybridized carbons (Fsp3) is 0.250. The lowest BCUT2D eigenvalue weighted by Gasteiger charge is -2.10. The van der Waals surface area contributed by atoms with Crippen LogP contribution in [0.5, 0.6) is 5.75 Å². The summed E-state index contributed by atoms with van der Waals surface area (Å²) in [7, 11) is 0. The van der Waals surface area contributed by atoms with Gasteiger partial charge in [-0.2, -0.15) is 0 Å². The topological polar surface area (TPSA) is 31.2 Å². The van der Waals surface area contributed by atoms with E-state index in [4.69, 9.17) is 4.74 Å². The molecule has 0 aliphatic rings. The molecule has 2 aromatic carbocycles. The van der Waals surface area contributed by atoms with Crippen LogP contribution in [0.25, 0.3) is 10.9 Å². The highest BCUT2D eigenvalue weighted by Gasteiger charge is 2.14. The molecule has 0 fully saturated rings. The molecule has 0 bridgehead atoms. The summed E-state index contributed by atoms with van der Waals surface area (Å²) in [5, 5.41) is 1.04. The van der Waals surface area contributed by atoms with E-state index in [0.717, 1.165) is 35.2 Å². The van der Waals surface area contributed by atoms with Crippen LogP contribution in [0.15, 0.2) is 54.7 Å². The number of hydrogen-bond acceptors (Lipinski definition) is 2. The molecule has 0 saturated carbocycles. The molecule has 0 radical (unpaired) electrons. The zero-order valence-corrected chi connectivity index (χ0v) is 13.6. The van der Waals surface area contributed by atoms with Crippen LogP contribution in [-0.4, -0.2) is 17.0 Å². The van der Waals surface area contributed by atoms with Gasteiger partial charge < -0.3 is 9.30 Å². The number of benzene rings is 2. The Labute approximate surface area is 136 Å². The minimum absolute atomic E-state index is 0.103. The van der Waals surface area contributed by atoms with Crippen LogP contribution in [0.1, 0.15) is 29.8 Å². The standard InChI is InChI=1S/C20H21NO2/c1-3-16-8-7-11-18-19(15(2)22)14-21(20(16)18)12-13-23-17-9-5-4-6-10-17/h4-11,14H,3,12-13H2,1-2H3. The molecular weight excluding hydrogens is 286 g/mol. The Balaban J connectivity index is 1.89. The Morgan fingerprint density at radius 3 is 2.57 bits per heavy atom. The molecular formula is C20H21NO2. The first-order chi connectivity index (χ1) is 11.2. The number of ether oxygens (including phenoxy) is 1. The van der Waals surface area contributed by atoms with Crippen molar-refractivity contribution in [3.63, 3.8) is 0 Å². The average Bonchev–Trinajstić information content (AvgIpc) is 2.95. The zero-order valence-electron chi connectivity index (χ0n) is 13.6. The first-order valence-electron chi connectivity index (χ1n) is 8.00. The summed E-state index contributed by atoms with van der Waals surface area (Å²) in [6.07, 6.45) is 2.90. The molecule has 0 saturated heterocycles. The van der Waals surface area contributed by atoms with Crippen molar-refractivity contribution in [2.45, 2.75) is 26.8 Å². The third-order valence-corrected chi connectivity index (χ3v) is 4.09. The number of hydrogen-bond donors (Lipinski definition) is 0. The Kier molecular flexibility index (Phi) is 4.47. The number of Topliss-reactive ketones (excluding diaryl/α,β-unsaturated/α-hetero) is 1. The maximum absolute atomic E-state index is 11.9. The van der Waals surface area contributed by atoms with Gasteiger partial charge in [0.25, 0.3) is 0 Å². The van der Waals surface area contributed by atoms with Gasteiger partial charge in [0.05, 0.1) is 12.1 Å². The number of carbonyl (C=O) groups is 1. The molecule has 0 N–H and O–H groups in total. The van der Waals surface area contributed by atoms with Crippen LogP contribution in [0, 0.1) is 0 Å². The first kappa shape index (κ1) is 15.3. The van der Waals surface area contributed by atoms with Crippen molar-refractivity contribution in [3.05, 3.63) is 65.9 Å². The number of para-hydroxylation sites is 2. The van der Waals surface area contributed by atoms with Gasteiger partial charge in [-0.25, -0.2) is 0 Å². The predicted octanol–water partition coefficient (Wildman–Crippen LogP) is 4.49. The van der Waals surface area contributed by atoms with Gasteiger partial charge in [0.2, 0.25) is 0 Å². The van der Waals surface area contributed by atoms with E-state index in [-0.39, 0.29) is 5.78 Å². The molecule has 0 unspecified atom stereocenters. The van der Waals surface area contributed by atoms with Gasteiger partial charge in [0.15, 0.2) is 5.78 Å². The Morgan fingerprint density at radius 2 is 1.87 bits per heavy atom. The van der Waals surface area contributed by atoms with Gasteiger partial charge >= 0.3 is 0 Å². The normalized spacial score (nSPS) is 10.9. The molecule has 3 rings (SSSR count). The highest BCUT2D eigenvalue weighted by molar-refractivity contribution is 6.07. The lowest BCUT2D eigenvalue weighted by molar-refractivity contribution is 0.101. The fourth-order valence-corrected chi connectivity index (χ4v) is 2.96. The molecule has 0 aliphatic heterocycles. The van der Waals surface area contributed by atoms with E-state index >= 15 is 0 Å². The van der Waals surface area contributed by atoms with E-state index in [0.29, 0.717) is 6.61 Å². The van der Waals surface area contributed by atoms with Crippen molar-refractivity contribution in [2.75, 3.05) is 6.61 Å². The molecule has 0 spiro atoms. The van der Waals surface area contributed by atoms with Crippen molar-refractivity contribution >= 4 is 16.7 Å². The molecule has 23 heavy (non-hydrogen) atoms. The van der Waals surface area contributed by atoms with Crippen molar-refractivity contribution in [1.29, 1.82) is 0 Å². The molecule has 3 aromatic rings. The van der Waals surface area contributed by atoms with E-state index in [1.165, 1.54) is 5.56 Å². The number of rotatable bonds is 6. The lowest BCUT2D eigenvalue weighted by atomic mass is 10.1. The Hall–Kier alpha value is -2.55. The van der Waals surface area contributed by atoms with Gasteiger partial charge in [-0.1, -0.05) is 43.3 Å². The molecule has 3 heteroatoms. The number of nitrogens with zero attached hydrogens (tertiary/aromatic N) is 1. The summed E-state index contributed by atoms with van der Waals surface area (Å²) < 4.78 is 7.94. The Morgan fingerprint density at radius 1 is 1.09 bits per heavy atom. The van der Waals surface area contributed by atoms with Crippen molar-refractivity contribution < 1.29 is 9.53 Å². The number of fused-ring (bicyclic) bond motifs is 1. The summed E-state index contributed by atoms with van der Waals surface area (Å²) in [5.41, 5.74) is 3.20. The first-order valence-corrected chi connectivity index (χ1v) is 8.00. The van der Waals surface area contributed by atoms with Crippen LogP contribution in [-0.2, 0) is 13.0 Å². The predicted molar refractivity (Wildman–Crippen MR) is 93.3 cm³/mol. The highest BCUT2D eigenvalue weighted by Crippen LogP contribution is 2.26. The summed E-state index contributed by atoms with van der Waals surface area (Å²) in [6, 6.07) is 16.0. The third kappa shape index (κ3) is 3.14. The molecule has 1 aromatic heterocycles. The highest BCUT2D eigenvalue weighted by atomic mass is 16.5. The second kappa shape index (κ2) is 6.69. The van der Waals surface area contributed by atoms with Gasteiger partial charge in [-0.3, -0.25) is 4.79 Å². The number of aryl methyl sites for hydroxylation is 1. The van der Waals surface area contributed by atoms with Crippen molar-refractivity contribution in [2.24, 2.45) is 0 Å². The van der Waals surface area contributed by atoms with Gasteiger partial charge in [0, 0.05) is 17.1 Å². The summed E-state index contributed by atoms with van der Waals surface area (Å²) in [5.74, 6) is 0.970. The number of carbonyl (C=O) groups excluding carboxylic acids is 1. The van der Waals surface area contributed by atoms with E-state index < -0.39 is 0 Å². The molecule has 1 heterocycles. The largest absolute Gasteiger partial charge is 0.492 e. The number of ketones is 1. The molecule has 118 valence electrons. The second-order valence-corrected chi connectivity index (χ2v) is 5.62. The lowest BCUT2D eigenvalue weighted by Crippen LogP contribution is -2.08. The van der Waals surface area contributed by atoms with Crippen LogP contribution in [0.3, 0.4) is 0 Å². The minimum Gasteiger partial charge on any atom is -0.492 e. The minimum atomic E-state index is 0.103. The van der Waals surface area contributed by atoms with E-state index in [1.807, 2.05) is 48.7 Å². The average molecular weight is 307 g/mol. The van der Waals surface area contributed by atoms with E-state index in [9.17, 15) is 4.79 Å². The summed E-state index contributed by atoms with van der Waals surface area (Å²) in [6.45, 7) is 5.05. The van der Waals surface area contributed by atoms with Crippen molar-refractivity contribution in [1.82, 2.24) is 4.57 Å². The van der Waals surface area contributed by atoms with Crippen LogP contribution >= 0.6 is 0 Å². The van der Waals surface area contributed by atoms with Crippen LogP contribution in [0.4, 0.5) is 0 Å². The SMILES string of the molecule is CCc1cccc2c(C(C)=O)cn(CCOc3ccccc3)c12. The van der Waals surface area contributed by atoms with Crippen LogP contribution in [0.2, 0.25) is 0 Å². The van der Waals surface area contributed by atoms with Crippen LogP contribution < -0.4 is 4.74 Å². The number of aromatic nitrogens is 1. The third-order valence-electron chi connectivity index (χ3n) is 4.09. The van der Waals surface area contributed by atoms with Crippen molar-refractivity contribution in [3.8, 4) is 5.75 Å². The second-order valence-electron chi connectivity index (χ2n) is 5.62. The maximum atomic E-state index is 11.9. The zero-order chi connectivity index (χ0) is 16.2. The van der Waals surface area contributed by atoms with Gasteiger partial charge in [0.1, 0.15) is 12.4 Å². The molecule has 0 atom stereocenters. The molecule has 0 aliphatic carbocycles. The fourth-order valence-electron chi connectivity index (χ4n) is 2.96. The molecule has 0 amide bonds. The van der Waals surface area contributed by atoms with Gasteiger partial charge in [-0.15, -0.1) is 0 Å². The maximum Gasteiger partial charge on any atom is 0.161 e. The monoisotopic (exact) mass is 307 g/mol. The summed E-state index contributed by atoms with van der Waals surface area (Å²) in [4.78, 5) is 11.9. The quantitative estimate of drug-likeness (QED) is 0.628. The Bertz CT molecular complexity index is 818. The summed E-state index contributed by atoms with van der Waals surface area (Å²) >= 11 is 0. The van der Waals surface area contributed by atoms with Gasteiger partial charge in [-0.05, 0) is 31.0 Å². The molecule has 3 nitrogen and oxygen atoms in total. The van der Waals surface area contributed by atoms with E-state index in [1.54, 1.807) is 6.92 Å². The van der Waals surface area contributed by atoms with E-state index in [2.05, 4.69) is 17.6 Å².